The summed E-state index contributed by atoms with van der Waals surface area (Å²) in [5.74, 6) is 0.826. The molecule has 2 rings (SSSR count). The highest BCUT2D eigenvalue weighted by Gasteiger charge is 2.23. The van der Waals surface area contributed by atoms with Crippen molar-refractivity contribution in [2.24, 2.45) is 5.92 Å². The highest BCUT2D eigenvalue weighted by molar-refractivity contribution is 5.57. The lowest BCUT2D eigenvalue weighted by Gasteiger charge is -2.19. The first-order valence-electron chi connectivity index (χ1n) is 4.86. The molecule has 1 fully saturated rings. The lowest BCUT2D eigenvalue weighted by molar-refractivity contribution is 0.785. The van der Waals surface area contributed by atoms with Crippen molar-refractivity contribution in [3.8, 4) is 6.07 Å². The van der Waals surface area contributed by atoms with E-state index in [1.807, 2.05) is 7.05 Å². The Balaban J connectivity index is 2.16. The van der Waals surface area contributed by atoms with Gasteiger partial charge in [-0.1, -0.05) is 0 Å². The number of aromatic nitrogens is 1. The topological polar surface area (TPSA) is 39.9 Å². The zero-order chi connectivity index (χ0) is 9.97. The maximum atomic E-state index is 8.91. The third-order valence-electron chi connectivity index (χ3n) is 2.56. The fourth-order valence-corrected chi connectivity index (χ4v) is 1.57. The van der Waals surface area contributed by atoms with Crippen molar-refractivity contribution in [3.63, 3.8) is 0 Å². The zero-order valence-corrected chi connectivity index (χ0v) is 8.27. The largest absolute Gasteiger partial charge is 0.372 e. The van der Waals surface area contributed by atoms with Crippen molar-refractivity contribution in [1.82, 2.24) is 4.98 Å². The average molecular weight is 187 g/mol. The Morgan fingerprint density at radius 3 is 3.07 bits per heavy atom. The Hall–Kier alpha value is -1.56. The van der Waals surface area contributed by atoms with Crippen LogP contribution in [0.3, 0.4) is 0 Å². The predicted octanol–water partition coefficient (Wildman–Crippen LogP) is 1.80. The van der Waals surface area contributed by atoms with E-state index in [1.165, 1.54) is 12.8 Å². The third kappa shape index (κ3) is 1.85. The minimum absolute atomic E-state index is 0.711. The van der Waals surface area contributed by atoms with E-state index in [0.717, 1.165) is 18.2 Å². The van der Waals surface area contributed by atoms with Crippen molar-refractivity contribution in [2.75, 3.05) is 18.5 Å². The summed E-state index contributed by atoms with van der Waals surface area (Å²) in [5.41, 5.74) is 1.66. The van der Waals surface area contributed by atoms with E-state index in [2.05, 4.69) is 16.0 Å². The summed E-state index contributed by atoms with van der Waals surface area (Å²) in [7, 11) is 2.02. The highest BCUT2D eigenvalue weighted by Crippen LogP contribution is 2.31. The Morgan fingerprint density at radius 2 is 2.43 bits per heavy atom. The monoisotopic (exact) mass is 187 g/mol. The van der Waals surface area contributed by atoms with Gasteiger partial charge in [-0.25, -0.2) is 0 Å². The SMILES string of the molecule is CN(CC1CC1)c1cnccc1C#N. The van der Waals surface area contributed by atoms with Crippen LogP contribution in [0, 0.1) is 17.2 Å². The Kier molecular flexibility index (Phi) is 2.36. The number of nitrogens with zero attached hydrogens (tertiary/aromatic N) is 3. The molecule has 1 aromatic rings. The Morgan fingerprint density at radius 1 is 1.64 bits per heavy atom. The third-order valence-corrected chi connectivity index (χ3v) is 2.56. The molecule has 0 saturated heterocycles. The summed E-state index contributed by atoms with van der Waals surface area (Å²) in [6.07, 6.45) is 6.08. The van der Waals surface area contributed by atoms with Gasteiger partial charge in [-0.15, -0.1) is 0 Å². The molecule has 0 radical (unpaired) electrons. The van der Waals surface area contributed by atoms with Crippen molar-refractivity contribution in [1.29, 1.82) is 5.26 Å². The van der Waals surface area contributed by atoms with E-state index < -0.39 is 0 Å². The molecule has 3 heteroatoms. The van der Waals surface area contributed by atoms with Crippen molar-refractivity contribution in [2.45, 2.75) is 12.8 Å². The number of anilines is 1. The van der Waals surface area contributed by atoms with Crippen LogP contribution < -0.4 is 4.90 Å². The van der Waals surface area contributed by atoms with Crippen molar-refractivity contribution in [3.05, 3.63) is 24.0 Å². The molecule has 0 atom stereocenters. The molecular weight excluding hydrogens is 174 g/mol. The second-order valence-electron chi connectivity index (χ2n) is 3.83. The smallest absolute Gasteiger partial charge is 0.101 e. The molecule has 14 heavy (non-hydrogen) atoms. The normalized spacial score (nSPS) is 14.9. The second-order valence-corrected chi connectivity index (χ2v) is 3.83. The van der Waals surface area contributed by atoms with Gasteiger partial charge in [0, 0.05) is 19.8 Å². The van der Waals surface area contributed by atoms with E-state index in [4.69, 9.17) is 5.26 Å². The average Bonchev–Trinajstić information content (AvgIpc) is 3.01. The van der Waals surface area contributed by atoms with Gasteiger partial charge >= 0.3 is 0 Å². The summed E-state index contributed by atoms with van der Waals surface area (Å²) in [4.78, 5) is 6.18. The summed E-state index contributed by atoms with van der Waals surface area (Å²) in [6.45, 7) is 1.04. The first kappa shape index (κ1) is 9.01. The first-order valence-corrected chi connectivity index (χ1v) is 4.86. The number of hydrogen-bond donors (Lipinski definition) is 0. The van der Waals surface area contributed by atoms with Crippen LogP contribution in [0.2, 0.25) is 0 Å². The summed E-state index contributed by atoms with van der Waals surface area (Å²) < 4.78 is 0. The molecule has 0 bridgehead atoms. The molecule has 72 valence electrons. The second kappa shape index (κ2) is 3.67. The van der Waals surface area contributed by atoms with Crippen LogP contribution in [-0.4, -0.2) is 18.6 Å². The molecule has 0 unspecified atom stereocenters. The molecule has 1 aromatic heterocycles. The maximum Gasteiger partial charge on any atom is 0.101 e. The molecule has 0 amide bonds. The molecule has 3 nitrogen and oxygen atoms in total. The van der Waals surface area contributed by atoms with Crippen LogP contribution in [0.4, 0.5) is 5.69 Å². The summed E-state index contributed by atoms with van der Waals surface area (Å²) >= 11 is 0. The quantitative estimate of drug-likeness (QED) is 0.724. The van der Waals surface area contributed by atoms with E-state index in [9.17, 15) is 0 Å². The summed E-state index contributed by atoms with van der Waals surface area (Å²) in [6, 6.07) is 3.95. The standard InChI is InChI=1S/C11H13N3/c1-14(8-9-2-3-9)11-7-13-5-4-10(11)6-12/h4-5,7,9H,2-3,8H2,1H3. The maximum absolute atomic E-state index is 8.91. The van der Waals surface area contributed by atoms with Gasteiger partial charge in [0.2, 0.25) is 0 Å². The van der Waals surface area contributed by atoms with Gasteiger partial charge in [0.15, 0.2) is 0 Å². The summed E-state index contributed by atoms with van der Waals surface area (Å²) in [5, 5.41) is 8.91. The molecular formula is C11H13N3. The van der Waals surface area contributed by atoms with Gasteiger partial charge in [0.25, 0.3) is 0 Å². The number of nitriles is 1. The van der Waals surface area contributed by atoms with E-state index in [0.29, 0.717) is 5.56 Å². The van der Waals surface area contributed by atoms with Crippen LogP contribution in [0.1, 0.15) is 18.4 Å². The number of hydrogen-bond acceptors (Lipinski definition) is 3. The molecule has 1 aliphatic carbocycles. The van der Waals surface area contributed by atoms with Gasteiger partial charge in [-0.3, -0.25) is 4.98 Å². The van der Waals surface area contributed by atoms with Crippen LogP contribution in [0.25, 0.3) is 0 Å². The lowest BCUT2D eigenvalue weighted by atomic mass is 10.2. The molecule has 0 aromatic carbocycles. The zero-order valence-electron chi connectivity index (χ0n) is 8.27. The highest BCUT2D eigenvalue weighted by atomic mass is 15.1. The molecule has 0 aliphatic heterocycles. The number of pyridine rings is 1. The minimum atomic E-state index is 0.711. The van der Waals surface area contributed by atoms with Gasteiger partial charge in [-0.2, -0.15) is 5.26 Å². The predicted molar refractivity (Wildman–Crippen MR) is 54.9 cm³/mol. The Labute approximate surface area is 84.0 Å². The van der Waals surface area contributed by atoms with Crippen LogP contribution in [0.15, 0.2) is 18.5 Å². The molecule has 1 saturated carbocycles. The van der Waals surface area contributed by atoms with E-state index in [-0.39, 0.29) is 0 Å². The fraction of sp³-hybridized carbons (Fsp3) is 0.455. The van der Waals surface area contributed by atoms with E-state index in [1.54, 1.807) is 18.5 Å². The van der Waals surface area contributed by atoms with Gasteiger partial charge in [0.05, 0.1) is 17.4 Å². The molecule has 1 heterocycles. The van der Waals surface area contributed by atoms with Crippen LogP contribution >= 0.6 is 0 Å². The van der Waals surface area contributed by atoms with Gasteiger partial charge < -0.3 is 4.90 Å². The Bertz CT molecular complexity index is 363. The fourth-order valence-electron chi connectivity index (χ4n) is 1.57. The molecule has 0 N–H and O–H groups in total. The molecule has 1 aliphatic rings. The minimum Gasteiger partial charge on any atom is -0.372 e. The van der Waals surface area contributed by atoms with Crippen molar-refractivity contribution >= 4 is 5.69 Å². The van der Waals surface area contributed by atoms with E-state index >= 15 is 0 Å². The number of rotatable bonds is 3. The van der Waals surface area contributed by atoms with Crippen LogP contribution in [-0.2, 0) is 0 Å². The van der Waals surface area contributed by atoms with Gasteiger partial charge in [0.1, 0.15) is 6.07 Å². The van der Waals surface area contributed by atoms with Crippen LogP contribution in [0.5, 0.6) is 0 Å². The van der Waals surface area contributed by atoms with Crippen molar-refractivity contribution < 1.29 is 0 Å². The lowest BCUT2D eigenvalue weighted by Crippen LogP contribution is -2.21. The van der Waals surface area contributed by atoms with Gasteiger partial charge in [-0.05, 0) is 24.8 Å². The first-order chi connectivity index (χ1) is 6.81. The molecule has 0 spiro atoms.